The molecular weight excluding hydrogens is 386 g/mol. The second-order valence-electron chi connectivity index (χ2n) is 6.50. The molecule has 1 fully saturated rings. The number of pyridine rings is 1. The van der Waals surface area contributed by atoms with E-state index in [-0.39, 0.29) is 36.3 Å². The topological polar surface area (TPSA) is 121 Å². The molecule has 1 aromatic heterocycles. The van der Waals surface area contributed by atoms with Crippen LogP contribution in [0.1, 0.15) is 20.7 Å². The van der Waals surface area contributed by atoms with Crippen LogP contribution < -0.4 is 10.6 Å². The van der Waals surface area contributed by atoms with Crippen molar-refractivity contribution in [2.24, 2.45) is 0 Å². The van der Waals surface area contributed by atoms with Crippen LogP contribution >= 0.6 is 11.6 Å². The zero-order valence-corrected chi connectivity index (χ0v) is 15.6. The van der Waals surface area contributed by atoms with Crippen LogP contribution in [0.15, 0.2) is 48.7 Å². The number of hydrogen-bond donors (Lipinski definition) is 4. The summed E-state index contributed by atoms with van der Waals surface area (Å²) in [6.45, 7) is -0.418. The Hall–Kier alpha value is -2.52. The average molecular weight is 406 g/mol. The largest absolute Gasteiger partial charge is 0.387 e. The number of carbonyl (C=O) groups is 2. The molecule has 0 radical (unpaired) electrons. The van der Waals surface area contributed by atoms with Crippen LogP contribution in [0.4, 0.5) is 0 Å². The van der Waals surface area contributed by atoms with Crippen molar-refractivity contribution in [1.29, 1.82) is 0 Å². The fraction of sp³-hybridized carbons (Fsp3) is 0.316. The summed E-state index contributed by atoms with van der Waals surface area (Å²) in [5, 5.41) is 26.3. The zero-order valence-electron chi connectivity index (χ0n) is 14.8. The van der Waals surface area contributed by atoms with E-state index in [1.807, 2.05) is 0 Å². The third kappa shape index (κ3) is 4.48. The number of aliphatic hydroxyl groups excluding tert-OH is 1. The molecule has 2 aromatic rings. The van der Waals surface area contributed by atoms with E-state index in [2.05, 4.69) is 15.6 Å². The molecule has 3 atom stereocenters. The van der Waals surface area contributed by atoms with Gasteiger partial charge >= 0.3 is 0 Å². The molecule has 1 saturated heterocycles. The van der Waals surface area contributed by atoms with Crippen LogP contribution in [0.25, 0.3) is 0 Å². The van der Waals surface area contributed by atoms with Gasteiger partial charge in [-0.1, -0.05) is 29.8 Å². The minimum absolute atomic E-state index is 0.0415. The summed E-state index contributed by atoms with van der Waals surface area (Å²) in [6.07, 6.45) is -0.668. The number of nitrogens with zero attached hydrogens (tertiary/aromatic N) is 1. The lowest BCUT2D eigenvalue weighted by atomic mass is 9.96. The van der Waals surface area contributed by atoms with Crippen molar-refractivity contribution in [1.82, 2.24) is 15.6 Å². The molecule has 0 unspecified atom stereocenters. The summed E-state index contributed by atoms with van der Waals surface area (Å²) in [5.41, 5.74) is -1.02. The molecule has 148 valence electrons. The highest BCUT2D eigenvalue weighted by molar-refractivity contribution is 6.32. The van der Waals surface area contributed by atoms with Crippen molar-refractivity contribution < 1.29 is 24.5 Å². The maximum atomic E-state index is 12.2. The van der Waals surface area contributed by atoms with Gasteiger partial charge in [-0.05, 0) is 24.3 Å². The number of carbonyl (C=O) groups excluding carboxylic acids is 2. The van der Waals surface area contributed by atoms with Gasteiger partial charge in [0, 0.05) is 18.3 Å². The molecule has 0 bridgehead atoms. The van der Waals surface area contributed by atoms with Crippen LogP contribution in [-0.4, -0.2) is 64.5 Å². The predicted octanol–water partition coefficient (Wildman–Crippen LogP) is 0.386. The molecule has 0 aliphatic carbocycles. The fourth-order valence-electron chi connectivity index (χ4n) is 2.87. The van der Waals surface area contributed by atoms with E-state index in [0.717, 1.165) is 0 Å². The lowest BCUT2D eigenvalue weighted by Gasteiger charge is -2.26. The molecule has 3 rings (SSSR count). The zero-order chi connectivity index (χ0) is 20.1. The highest BCUT2D eigenvalue weighted by Crippen LogP contribution is 2.24. The Morgan fingerprint density at radius 3 is 2.64 bits per heavy atom. The van der Waals surface area contributed by atoms with E-state index in [9.17, 15) is 19.8 Å². The van der Waals surface area contributed by atoms with Gasteiger partial charge < -0.3 is 25.6 Å². The average Bonchev–Trinajstić information content (AvgIpc) is 3.00. The number of benzene rings is 1. The van der Waals surface area contributed by atoms with E-state index < -0.39 is 23.7 Å². The van der Waals surface area contributed by atoms with Crippen molar-refractivity contribution >= 4 is 23.4 Å². The number of rotatable bonds is 6. The minimum atomic E-state index is -1.66. The van der Waals surface area contributed by atoms with Crippen LogP contribution in [0.3, 0.4) is 0 Å². The molecule has 9 heteroatoms. The first kappa shape index (κ1) is 20.2. The van der Waals surface area contributed by atoms with Gasteiger partial charge in [0.25, 0.3) is 11.8 Å². The predicted molar refractivity (Wildman–Crippen MR) is 101 cm³/mol. The smallest absolute Gasteiger partial charge is 0.254 e. The van der Waals surface area contributed by atoms with Gasteiger partial charge in [0.15, 0.2) is 0 Å². The maximum absolute atomic E-state index is 12.2. The third-order valence-corrected chi connectivity index (χ3v) is 4.81. The molecule has 8 nitrogen and oxygen atoms in total. The summed E-state index contributed by atoms with van der Waals surface area (Å²) in [6, 6.07) is 11.6. The Morgan fingerprint density at radius 2 is 1.93 bits per heavy atom. The lowest BCUT2D eigenvalue weighted by Crippen LogP contribution is -2.53. The molecule has 2 heterocycles. The molecule has 2 amide bonds. The van der Waals surface area contributed by atoms with E-state index >= 15 is 0 Å². The first-order chi connectivity index (χ1) is 13.4. The molecule has 4 N–H and O–H groups in total. The molecular formula is C19H20ClN3O5. The number of halogens is 1. The Morgan fingerprint density at radius 1 is 1.18 bits per heavy atom. The minimum Gasteiger partial charge on any atom is -0.387 e. The van der Waals surface area contributed by atoms with E-state index in [4.69, 9.17) is 16.3 Å². The first-order valence-corrected chi connectivity index (χ1v) is 9.02. The van der Waals surface area contributed by atoms with Gasteiger partial charge in [-0.3, -0.25) is 9.59 Å². The standard InChI is InChI=1S/C19H20ClN3O5/c20-16-13(7-4-8-21-16)18(26)22-9-14-15(24)19(27,11-28-14)10-23-17(25)12-5-2-1-3-6-12/h1-8,14-15,24,27H,9-11H2,(H,22,26)(H,23,25)/t14-,15-,19+/m1/s1. The van der Waals surface area contributed by atoms with Crippen LogP contribution in [0.5, 0.6) is 0 Å². The number of aliphatic hydroxyl groups is 2. The lowest BCUT2D eigenvalue weighted by molar-refractivity contribution is -0.0464. The van der Waals surface area contributed by atoms with Crippen molar-refractivity contribution in [2.75, 3.05) is 19.7 Å². The van der Waals surface area contributed by atoms with Gasteiger partial charge in [-0.15, -0.1) is 0 Å². The number of nitrogens with one attached hydrogen (secondary N) is 2. The molecule has 1 aromatic carbocycles. The Labute approximate surface area is 166 Å². The van der Waals surface area contributed by atoms with Crippen molar-refractivity contribution in [3.05, 3.63) is 64.9 Å². The third-order valence-electron chi connectivity index (χ3n) is 4.51. The van der Waals surface area contributed by atoms with Crippen LogP contribution in [-0.2, 0) is 4.74 Å². The second-order valence-corrected chi connectivity index (χ2v) is 6.86. The van der Waals surface area contributed by atoms with Crippen LogP contribution in [0.2, 0.25) is 5.15 Å². The molecule has 28 heavy (non-hydrogen) atoms. The number of hydrogen-bond acceptors (Lipinski definition) is 6. The summed E-state index contributed by atoms with van der Waals surface area (Å²) in [7, 11) is 0. The summed E-state index contributed by atoms with van der Waals surface area (Å²) < 4.78 is 5.42. The first-order valence-electron chi connectivity index (χ1n) is 8.65. The van der Waals surface area contributed by atoms with E-state index in [1.165, 1.54) is 12.3 Å². The highest BCUT2D eigenvalue weighted by Gasteiger charge is 2.48. The summed E-state index contributed by atoms with van der Waals surface area (Å²) >= 11 is 5.88. The van der Waals surface area contributed by atoms with Gasteiger partial charge in [0.05, 0.1) is 18.7 Å². The molecule has 0 saturated carbocycles. The van der Waals surface area contributed by atoms with Crippen molar-refractivity contribution in [2.45, 2.75) is 17.8 Å². The summed E-state index contributed by atoms with van der Waals surface area (Å²) in [4.78, 5) is 28.1. The Kier molecular flexibility index (Phi) is 6.25. The molecule has 1 aliphatic rings. The van der Waals surface area contributed by atoms with Gasteiger partial charge in [0.1, 0.15) is 23.0 Å². The normalized spacial score (nSPS) is 24.0. The summed E-state index contributed by atoms with van der Waals surface area (Å²) in [5.74, 6) is -0.842. The number of amides is 2. The maximum Gasteiger partial charge on any atom is 0.254 e. The van der Waals surface area contributed by atoms with Crippen molar-refractivity contribution in [3.8, 4) is 0 Å². The monoisotopic (exact) mass is 405 g/mol. The van der Waals surface area contributed by atoms with Gasteiger partial charge in [-0.2, -0.15) is 0 Å². The fourth-order valence-corrected chi connectivity index (χ4v) is 3.07. The second kappa shape index (κ2) is 8.66. The molecule has 0 spiro atoms. The van der Waals surface area contributed by atoms with E-state index in [0.29, 0.717) is 5.56 Å². The Balaban J connectivity index is 1.53. The molecule has 1 aliphatic heterocycles. The van der Waals surface area contributed by atoms with Gasteiger partial charge in [0.2, 0.25) is 0 Å². The quantitative estimate of drug-likeness (QED) is 0.516. The number of ether oxygens (including phenoxy) is 1. The van der Waals surface area contributed by atoms with Crippen molar-refractivity contribution in [3.63, 3.8) is 0 Å². The van der Waals surface area contributed by atoms with E-state index in [1.54, 1.807) is 36.4 Å². The number of aromatic nitrogens is 1. The highest BCUT2D eigenvalue weighted by atomic mass is 35.5. The van der Waals surface area contributed by atoms with Gasteiger partial charge in [-0.25, -0.2) is 4.98 Å². The SMILES string of the molecule is O=C(NC[C@]1(O)CO[C@H](CNC(=O)c2cccnc2Cl)[C@H]1O)c1ccccc1. The Bertz CT molecular complexity index is 850. The van der Waals surface area contributed by atoms with Crippen LogP contribution in [0, 0.1) is 0 Å².